The molecule has 10 heteroatoms. The minimum absolute atomic E-state index is 0.0207. The summed E-state index contributed by atoms with van der Waals surface area (Å²) in [6.07, 6.45) is 1.72. The van der Waals surface area contributed by atoms with E-state index in [9.17, 15) is 18.0 Å². The minimum Gasteiger partial charge on any atom is -0.288 e. The lowest BCUT2D eigenvalue weighted by Crippen LogP contribution is -2.44. The third-order valence-electron chi connectivity index (χ3n) is 5.90. The average Bonchev–Trinajstić information content (AvgIpc) is 3.37. The molecule has 0 aliphatic carbocycles. The highest BCUT2D eigenvalue weighted by molar-refractivity contribution is 7.81. The van der Waals surface area contributed by atoms with Crippen LogP contribution in [0.4, 0.5) is 30.4 Å². The van der Waals surface area contributed by atoms with Crippen molar-refractivity contribution in [3.8, 4) is 172 Å². The molecule has 1 amide bonds. The monoisotopic (exact) mass is 753 g/mol. The van der Waals surface area contributed by atoms with Gasteiger partial charge in [0.1, 0.15) is 11.4 Å². The Kier molecular flexibility index (Phi) is 18.1. The molecule has 1 saturated heterocycles. The van der Waals surface area contributed by atoms with Crippen molar-refractivity contribution in [2.24, 2.45) is 0 Å². The van der Waals surface area contributed by atoms with Crippen molar-refractivity contribution in [2.75, 3.05) is 9.80 Å². The van der Waals surface area contributed by atoms with Gasteiger partial charge in [-0.15, -0.1) is 6.42 Å². The number of anilines is 2. The average molecular weight is 754 g/mol. The van der Waals surface area contributed by atoms with Crippen LogP contribution < -0.4 is 9.80 Å². The lowest BCUT2D eigenvalue weighted by atomic mass is 10.0. The Bertz CT molecular complexity index is 2860. The first-order chi connectivity index (χ1) is 27.5. The summed E-state index contributed by atoms with van der Waals surface area (Å²) in [7, 11) is 0. The molecule has 1 aromatic heterocycles. The Hall–Kier alpha value is -9.66. The number of amides is 1. The number of aromatic nitrogens is 1. The maximum Gasteiger partial charge on any atom is 0.407 e. The second kappa shape index (κ2) is 23.7. The number of pyridine rings is 1. The number of alkyl halides is 3. The van der Waals surface area contributed by atoms with Crippen LogP contribution >= 0.6 is 12.2 Å². The molecular formula is C47H14F3N5OS. The molecule has 1 aromatic carbocycles. The van der Waals surface area contributed by atoms with E-state index in [-0.39, 0.29) is 10.8 Å². The van der Waals surface area contributed by atoms with E-state index in [0.717, 1.165) is 17.0 Å². The van der Waals surface area contributed by atoms with Crippen molar-refractivity contribution in [3.05, 3.63) is 59.6 Å². The summed E-state index contributed by atoms with van der Waals surface area (Å²) >= 11 is 5.40. The first-order valence-corrected chi connectivity index (χ1v) is 15.4. The largest absolute Gasteiger partial charge is 0.407 e. The summed E-state index contributed by atoms with van der Waals surface area (Å²) in [4.78, 5) is 22.6. The number of carbonyl (C=O) groups is 1. The number of rotatable bonds is 2. The van der Waals surface area contributed by atoms with Crippen LogP contribution in [0.1, 0.15) is 19.4 Å². The van der Waals surface area contributed by atoms with Gasteiger partial charge in [-0.05, 0) is 97.7 Å². The lowest BCUT2D eigenvalue weighted by Gasteiger charge is -2.28. The lowest BCUT2D eigenvalue weighted by molar-refractivity contribution is -0.136. The first-order valence-electron chi connectivity index (χ1n) is 15.0. The molecule has 1 aliphatic heterocycles. The summed E-state index contributed by atoms with van der Waals surface area (Å²) in [5.41, 5.74) is -2.83. The molecule has 3 rings (SSSR count). The van der Waals surface area contributed by atoms with Gasteiger partial charge in [0, 0.05) is 124 Å². The van der Waals surface area contributed by atoms with Gasteiger partial charge in [-0.2, -0.15) is 18.4 Å². The van der Waals surface area contributed by atoms with Gasteiger partial charge in [0.05, 0.1) is 12.1 Å². The maximum absolute atomic E-state index is 13.3. The van der Waals surface area contributed by atoms with E-state index >= 15 is 0 Å². The molecule has 260 valence electrons. The smallest absolute Gasteiger partial charge is 0.288 e. The van der Waals surface area contributed by atoms with Crippen LogP contribution in [0.3, 0.4) is 0 Å². The van der Waals surface area contributed by atoms with Crippen molar-refractivity contribution in [1.29, 1.82) is 5.26 Å². The summed E-state index contributed by atoms with van der Waals surface area (Å²) in [5.74, 6) is 65.3. The van der Waals surface area contributed by atoms with Gasteiger partial charge < -0.3 is 0 Å². The van der Waals surface area contributed by atoms with Crippen LogP contribution in [0.15, 0.2) is 42.6 Å². The van der Waals surface area contributed by atoms with Gasteiger partial charge >= 0.3 is 6.18 Å². The molecule has 0 atom stereocenters. The van der Waals surface area contributed by atoms with Crippen molar-refractivity contribution in [1.82, 2.24) is 4.98 Å². The number of hydrogen-bond acceptors (Lipinski definition) is 4. The molecule has 0 unspecified atom stereocenters. The zero-order valence-corrected chi connectivity index (χ0v) is 30.1. The minimum atomic E-state index is -4.73. The molecule has 0 saturated carbocycles. The highest BCUT2D eigenvalue weighted by Crippen LogP contribution is 2.41. The van der Waals surface area contributed by atoms with Crippen LogP contribution in [0, 0.1) is 184 Å². The van der Waals surface area contributed by atoms with Crippen molar-refractivity contribution in [3.63, 3.8) is 0 Å². The van der Waals surface area contributed by atoms with E-state index in [1.165, 1.54) is 17.2 Å². The Labute approximate surface area is 334 Å². The SMILES string of the molecule is C#CC#CC#CC#CC#CC#CC#CC#CC#CC#CC#CC#CC#CC#CC#N.[C-]#[N+]c1ccc(N2C(=O)C(C)(C)N(c3ccccn3)C2=S)cc1C(F)(F)F. The fourth-order valence-electron chi connectivity index (χ4n) is 3.69. The number of nitriles is 1. The number of nitrogens with zero attached hydrogens (tertiary/aromatic N) is 5. The predicted molar refractivity (Wildman–Crippen MR) is 214 cm³/mol. The Morgan fingerprint density at radius 2 is 1.14 bits per heavy atom. The summed E-state index contributed by atoms with van der Waals surface area (Å²) in [5, 5.41) is 8.16. The van der Waals surface area contributed by atoms with Gasteiger partial charge in [0.25, 0.3) is 5.91 Å². The van der Waals surface area contributed by atoms with Crippen LogP contribution in [0.25, 0.3) is 4.85 Å². The zero-order chi connectivity index (χ0) is 41.8. The van der Waals surface area contributed by atoms with E-state index in [2.05, 4.69) is 170 Å². The van der Waals surface area contributed by atoms with Gasteiger partial charge in [-0.1, -0.05) is 12.1 Å². The standard InChI is InChI=1S/C29HN.C18H13F3N4OS/c1-2-3-4-5-6-7-8-9-10-11-12-13-14-15-16-17-18-19-20-21-22-23-24-25-26-27-28-29-30;1-17(2)15(26)24(16(27)25(17)14-6-4-5-9-23-14)11-7-8-13(22-3)12(10-11)18(19,20)21/h1H;4-10H,1-2H3. The number of hydrogen-bond donors (Lipinski definition) is 0. The molecule has 1 aliphatic rings. The van der Waals surface area contributed by atoms with Gasteiger partial charge in [0.15, 0.2) is 16.9 Å². The third-order valence-corrected chi connectivity index (χ3v) is 6.27. The van der Waals surface area contributed by atoms with E-state index in [4.69, 9.17) is 30.5 Å². The van der Waals surface area contributed by atoms with Gasteiger partial charge in [0.2, 0.25) is 0 Å². The molecule has 57 heavy (non-hydrogen) atoms. The highest BCUT2D eigenvalue weighted by Gasteiger charge is 2.51. The fourth-order valence-corrected chi connectivity index (χ4v) is 4.21. The van der Waals surface area contributed by atoms with E-state index in [0.29, 0.717) is 5.82 Å². The molecular weight excluding hydrogens is 740 g/mol. The molecule has 1 fully saturated rings. The molecule has 0 N–H and O–H groups in total. The summed E-state index contributed by atoms with van der Waals surface area (Å²) < 4.78 is 39.9. The van der Waals surface area contributed by atoms with Crippen molar-refractivity contribution >= 4 is 40.4 Å². The number of thiocarbonyl (C=S) groups is 1. The van der Waals surface area contributed by atoms with Crippen LogP contribution in [-0.4, -0.2) is 21.5 Å². The molecule has 2 heterocycles. The summed E-state index contributed by atoms with van der Waals surface area (Å²) in [6, 6.07) is 9.80. The number of carbonyl (C=O) groups excluding carboxylic acids is 1. The number of benzene rings is 1. The number of terminal acetylenes is 1. The van der Waals surface area contributed by atoms with Crippen molar-refractivity contribution < 1.29 is 18.0 Å². The highest BCUT2D eigenvalue weighted by atomic mass is 32.1. The molecule has 0 radical (unpaired) electrons. The quantitative estimate of drug-likeness (QED) is 0.252. The van der Waals surface area contributed by atoms with E-state index in [1.807, 2.05) is 0 Å². The molecule has 2 aromatic rings. The molecule has 6 nitrogen and oxygen atoms in total. The third kappa shape index (κ3) is 14.8. The Morgan fingerprint density at radius 3 is 1.49 bits per heavy atom. The Morgan fingerprint density at radius 1 is 0.719 bits per heavy atom. The predicted octanol–water partition coefficient (Wildman–Crippen LogP) is 4.76. The van der Waals surface area contributed by atoms with Gasteiger partial charge in [-0.3, -0.25) is 14.6 Å². The summed E-state index contributed by atoms with van der Waals surface area (Å²) in [6.45, 7) is 10.2. The molecule has 0 bridgehead atoms. The van der Waals surface area contributed by atoms with Crippen LogP contribution in [0.2, 0.25) is 0 Å². The van der Waals surface area contributed by atoms with Crippen molar-refractivity contribution in [2.45, 2.75) is 25.6 Å². The molecule has 0 spiro atoms. The topological polar surface area (TPSA) is 64.6 Å². The normalized spacial score (nSPS) is 9.86. The van der Waals surface area contributed by atoms with Gasteiger partial charge in [-0.25, -0.2) is 9.83 Å². The maximum atomic E-state index is 13.3. The fraction of sp³-hybridized carbons (Fsp3) is 0.0851. The van der Waals surface area contributed by atoms with Crippen LogP contribution in [0.5, 0.6) is 0 Å². The first kappa shape index (κ1) is 43.5. The zero-order valence-electron chi connectivity index (χ0n) is 29.3. The number of halogens is 3. The van der Waals surface area contributed by atoms with E-state index in [1.54, 1.807) is 38.1 Å². The Balaban J connectivity index is 0.000000395. The van der Waals surface area contributed by atoms with E-state index < -0.39 is 28.9 Å². The second-order valence-electron chi connectivity index (χ2n) is 9.82. The van der Waals surface area contributed by atoms with Crippen LogP contribution in [-0.2, 0) is 11.0 Å². The second-order valence-corrected chi connectivity index (χ2v) is 10.2.